The van der Waals surface area contributed by atoms with Crippen LogP contribution >= 0.6 is 11.6 Å². The van der Waals surface area contributed by atoms with Gasteiger partial charge >= 0.3 is 0 Å². The molecular weight excluding hydrogens is 284 g/mol. The van der Waals surface area contributed by atoms with E-state index in [1.165, 1.54) is 0 Å². The lowest BCUT2D eigenvalue weighted by Crippen LogP contribution is -2.26. The molecule has 2 aromatic carbocycles. The third kappa shape index (κ3) is 2.93. The van der Waals surface area contributed by atoms with E-state index in [1.54, 1.807) is 0 Å². The van der Waals surface area contributed by atoms with Gasteiger partial charge in [-0.15, -0.1) is 0 Å². The second-order valence-electron chi connectivity index (χ2n) is 5.03. The normalized spacial score (nSPS) is 12.3. The molecular formula is C17H15ClN2O. The third-order valence-corrected chi connectivity index (χ3v) is 3.75. The van der Waals surface area contributed by atoms with Gasteiger partial charge in [-0.1, -0.05) is 29.8 Å². The van der Waals surface area contributed by atoms with Crippen LogP contribution in [0.1, 0.15) is 28.9 Å². The fourth-order valence-corrected chi connectivity index (χ4v) is 2.53. The number of amides is 1. The second-order valence-corrected chi connectivity index (χ2v) is 5.47. The van der Waals surface area contributed by atoms with Crippen molar-refractivity contribution in [3.8, 4) is 0 Å². The maximum Gasteiger partial charge on any atom is 0.251 e. The molecule has 21 heavy (non-hydrogen) atoms. The Morgan fingerprint density at radius 2 is 2.05 bits per heavy atom. The first-order valence-electron chi connectivity index (χ1n) is 6.77. The highest BCUT2D eigenvalue weighted by Gasteiger charge is 2.12. The van der Waals surface area contributed by atoms with Crippen LogP contribution in [-0.2, 0) is 0 Å². The van der Waals surface area contributed by atoms with E-state index in [4.69, 9.17) is 11.6 Å². The number of carbonyl (C=O) groups is 1. The van der Waals surface area contributed by atoms with Gasteiger partial charge in [0.25, 0.3) is 5.91 Å². The highest BCUT2D eigenvalue weighted by atomic mass is 35.5. The molecule has 0 fully saturated rings. The molecule has 0 saturated heterocycles. The number of aromatic nitrogens is 1. The number of aromatic amines is 1. The van der Waals surface area contributed by atoms with Crippen molar-refractivity contribution >= 4 is 28.4 Å². The maximum absolute atomic E-state index is 12.3. The van der Waals surface area contributed by atoms with Gasteiger partial charge in [0.1, 0.15) is 0 Å². The van der Waals surface area contributed by atoms with E-state index in [0.29, 0.717) is 10.6 Å². The van der Waals surface area contributed by atoms with Crippen LogP contribution in [0.15, 0.2) is 54.7 Å². The largest absolute Gasteiger partial charge is 0.361 e. The monoisotopic (exact) mass is 298 g/mol. The molecule has 3 aromatic rings. The number of benzene rings is 2. The summed E-state index contributed by atoms with van der Waals surface area (Å²) in [6.45, 7) is 1.94. The molecule has 0 unspecified atom stereocenters. The SMILES string of the molecule is C[C@H](NC(=O)c1ccc2cc[nH]c2c1)c1cccc(Cl)c1. The lowest BCUT2D eigenvalue weighted by molar-refractivity contribution is 0.0940. The van der Waals surface area contributed by atoms with Gasteiger partial charge < -0.3 is 10.3 Å². The standard InChI is InChI=1S/C17H15ClN2O/c1-11(13-3-2-4-15(18)9-13)20-17(21)14-6-5-12-7-8-19-16(12)10-14/h2-11,19H,1H3,(H,20,21)/t11-/m0/s1. The molecule has 0 saturated carbocycles. The summed E-state index contributed by atoms with van der Waals surface area (Å²) in [6, 6.07) is 15.0. The summed E-state index contributed by atoms with van der Waals surface area (Å²) in [7, 11) is 0. The van der Waals surface area contributed by atoms with Crippen LogP contribution in [0, 0.1) is 0 Å². The highest BCUT2D eigenvalue weighted by molar-refractivity contribution is 6.30. The van der Waals surface area contributed by atoms with Gasteiger partial charge in [0.2, 0.25) is 0 Å². The Bertz CT molecular complexity index is 794. The molecule has 3 nitrogen and oxygen atoms in total. The molecule has 1 amide bonds. The van der Waals surface area contributed by atoms with Crippen LogP contribution < -0.4 is 5.32 Å². The Kier molecular flexibility index (Phi) is 3.67. The van der Waals surface area contributed by atoms with Crippen LogP contribution in [-0.4, -0.2) is 10.9 Å². The quantitative estimate of drug-likeness (QED) is 0.743. The van der Waals surface area contributed by atoms with Gasteiger partial charge in [-0.05, 0) is 48.2 Å². The van der Waals surface area contributed by atoms with Crippen molar-refractivity contribution in [2.24, 2.45) is 0 Å². The number of carbonyl (C=O) groups excluding carboxylic acids is 1. The zero-order chi connectivity index (χ0) is 14.8. The van der Waals surface area contributed by atoms with Crippen molar-refractivity contribution < 1.29 is 4.79 Å². The first-order valence-corrected chi connectivity index (χ1v) is 7.15. The smallest absolute Gasteiger partial charge is 0.251 e. The Hall–Kier alpha value is -2.26. The number of nitrogens with one attached hydrogen (secondary N) is 2. The molecule has 1 atom stereocenters. The Morgan fingerprint density at radius 3 is 2.86 bits per heavy atom. The Morgan fingerprint density at radius 1 is 1.19 bits per heavy atom. The molecule has 0 aliphatic heterocycles. The van der Waals surface area contributed by atoms with Crippen LogP contribution in [0.4, 0.5) is 0 Å². The lowest BCUT2D eigenvalue weighted by atomic mass is 10.1. The predicted octanol–water partition coefficient (Wildman–Crippen LogP) is 4.31. The van der Waals surface area contributed by atoms with Gasteiger partial charge in [0.15, 0.2) is 0 Å². The van der Waals surface area contributed by atoms with E-state index in [0.717, 1.165) is 16.5 Å². The number of hydrogen-bond donors (Lipinski definition) is 2. The van der Waals surface area contributed by atoms with Crippen molar-refractivity contribution in [3.63, 3.8) is 0 Å². The summed E-state index contributed by atoms with van der Waals surface area (Å²) in [5, 5.41) is 4.75. The first kappa shape index (κ1) is 13.7. The van der Waals surface area contributed by atoms with Crippen LogP contribution in [0.25, 0.3) is 10.9 Å². The van der Waals surface area contributed by atoms with E-state index < -0.39 is 0 Å². The molecule has 0 radical (unpaired) electrons. The minimum Gasteiger partial charge on any atom is -0.361 e. The van der Waals surface area contributed by atoms with Gasteiger partial charge in [-0.25, -0.2) is 0 Å². The summed E-state index contributed by atoms with van der Waals surface area (Å²) in [6.07, 6.45) is 1.86. The van der Waals surface area contributed by atoms with Crippen LogP contribution in [0.2, 0.25) is 5.02 Å². The second kappa shape index (κ2) is 5.62. The summed E-state index contributed by atoms with van der Waals surface area (Å²) in [5.41, 5.74) is 2.58. The average molecular weight is 299 g/mol. The number of fused-ring (bicyclic) bond motifs is 1. The lowest BCUT2D eigenvalue weighted by Gasteiger charge is -2.14. The highest BCUT2D eigenvalue weighted by Crippen LogP contribution is 2.19. The number of hydrogen-bond acceptors (Lipinski definition) is 1. The fraction of sp³-hybridized carbons (Fsp3) is 0.118. The third-order valence-electron chi connectivity index (χ3n) is 3.51. The number of H-pyrrole nitrogens is 1. The topological polar surface area (TPSA) is 44.9 Å². The molecule has 106 valence electrons. The molecule has 0 bridgehead atoms. The number of halogens is 1. The summed E-state index contributed by atoms with van der Waals surface area (Å²) in [4.78, 5) is 15.4. The molecule has 1 aromatic heterocycles. The molecule has 0 spiro atoms. The van der Waals surface area contributed by atoms with E-state index in [1.807, 2.05) is 61.7 Å². The zero-order valence-electron chi connectivity index (χ0n) is 11.6. The van der Waals surface area contributed by atoms with E-state index >= 15 is 0 Å². The molecule has 1 heterocycles. The Labute approximate surface area is 127 Å². The average Bonchev–Trinajstić information content (AvgIpc) is 2.94. The van der Waals surface area contributed by atoms with Gasteiger partial charge in [-0.2, -0.15) is 0 Å². The van der Waals surface area contributed by atoms with E-state index in [2.05, 4.69) is 10.3 Å². The summed E-state index contributed by atoms with van der Waals surface area (Å²) >= 11 is 5.98. The minimum atomic E-state index is -0.101. The van der Waals surface area contributed by atoms with E-state index in [9.17, 15) is 4.79 Å². The molecule has 0 aliphatic rings. The number of rotatable bonds is 3. The van der Waals surface area contributed by atoms with Crippen molar-refractivity contribution in [1.82, 2.24) is 10.3 Å². The van der Waals surface area contributed by atoms with Gasteiger partial charge in [-0.3, -0.25) is 4.79 Å². The van der Waals surface area contributed by atoms with Crippen molar-refractivity contribution in [2.45, 2.75) is 13.0 Å². The maximum atomic E-state index is 12.3. The fourth-order valence-electron chi connectivity index (χ4n) is 2.33. The predicted molar refractivity (Wildman–Crippen MR) is 85.6 cm³/mol. The van der Waals surface area contributed by atoms with Crippen LogP contribution in [0.5, 0.6) is 0 Å². The molecule has 4 heteroatoms. The van der Waals surface area contributed by atoms with Crippen molar-refractivity contribution in [2.75, 3.05) is 0 Å². The molecule has 2 N–H and O–H groups in total. The minimum absolute atomic E-state index is 0.0982. The van der Waals surface area contributed by atoms with E-state index in [-0.39, 0.29) is 11.9 Å². The van der Waals surface area contributed by atoms with Gasteiger partial charge in [0.05, 0.1) is 6.04 Å². The first-order chi connectivity index (χ1) is 10.1. The molecule has 0 aliphatic carbocycles. The van der Waals surface area contributed by atoms with Crippen molar-refractivity contribution in [3.05, 3.63) is 70.9 Å². The summed E-state index contributed by atoms with van der Waals surface area (Å²) < 4.78 is 0. The van der Waals surface area contributed by atoms with Gasteiger partial charge in [0, 0.05) is 22.3 Å². The van der Waals surface area contributed by atoms with Crippen LogP contribution in [0.3, 0.4) is 0 Å². The van der Waals surface area contributed by atoms with Crippen molar-refractivity contribution in [1.29, 1.82) is 0 Å². The summed E-state index contributed by atoms with van der Waals surface area (Å²) in [5.74, 6) is -0.0982. The Balaban J connectivity index is 1.79. The zero-order valence-corrected chi connectivity index (χ0v) is 12.3. The molecule has 3 rings (SSSR count).